The van der Waals surface area contributed by atoms with Gasteiger partial charge in [-0.15, -0.1) is 0 Å². The number of hydrogen-bond donors (Lipinski definition) is 2. The van der Waals surface area contributed by atoms with Crippen LogP contribution in [0.3, 0.4) is 0 Å². The Morgan fingerprint density at radius 2 is 1.70 bits per heavy atom. The van der Waals surface area contributed by atoms with Crippen molar-refractivity contribution in [3.63, 3.8) is 0 Å². The van der Waals surface area contributed by atoms with Gasteiger partial charge in [-0.3, -0.25) is 19.3 Å². The lowest BCUT2D eigenvalue weighted by Crippen LogP contribution is -2.42. The average molecular weight is 594 g/mol. The number of para-hydroxylation sites is 1. The number of nitrogens with one attached hydrogen (secondary N) is 1. The van der Waals surface area contributed by atoms with Crippen molar-refractivity contribution in [1.82, 2.24) is 10.2 Å². The molecule has 4 rings (SSSR count). The van der Waals surface area contributed by atoms with Crippen molar-refractivity contribution in [2.24, 2.45) is 4.99 Å². The number of amides is 3. The molecule has 3 amide bonds. The van der Waals surface area contributed by atoms with E-state index in [-0.39, 0.29) is 39.5 Å². The highest BCUT2D eigenvalue weighted by molar-refractivity contribution is 8.14. The van der Waals surface area contributed by atoms with Crippen LogP contribution >= 0.6 is 11.8 Å². The van der Waals surface area contributed by atoms with Crippen molar-refractivity contribution < 1.29 is 24.2 Å². The maximum absolute atomic E-state index is 13.8. The predicted octanol–water partition coefficient (Wildman–Crippen LogP) is 5.79. The summed E-state index contributed by atoms with van der Waals surface area (Å²) >= 11 is 0.973. The van der Waals surface area contributed by atoms with Gasteiger partial charge < -0.3 is 15.2 Å². The monoisotopic (exact) mass is 593 g/mol. The molecule has 0 bridgehead atoms. The first-order valence-electron chi connectivity index (χ1n) is 13.4. The number of aliphatic imine (C=N–C) groups is 1. The zero-order chi connectivity index (χ0) is 30.8. The molecular formula is C34H31N3O5S. The maximum Gasteiger partial charge on any atom is 0.285 e. The number of phenolic OH excluding ortho intramolecular Hbond substituents is 1. The third kappa shape index (κ3) is 7.38. The van der Waals surface area contributed by atoms with E-state index in [0.29, 0.717) is 5.70 Å². The van der Waals surface area contributed by atoms with E-state index in [2.05, 4.69) is 16.9 Å². The van der Waals surface area contributed by atoms with E-state index in [9.17, 15) is 19.5 Å². The molecule has 0 spiro atoms. The number of hydrogen-bond acceptors (Lipinski definition) is 6. The van der Waals surface area contributed by atoms with E-state index in [1.54, 1.807) is 49.4 Å². The summed E-state index contributed by atoms with van der Waals surface area (Å²) in [5.74, 6) is -1.88. The van der Waals surface area contributed by atoms with E-state index in [4.69, 9.17) is 4.74 Å². The summed E-state index contributed by atoms with van der Waals surface area (Å²) in [6.45, 7) is 5.42. The van der Waals surface area contributed by atoms with Gasteiger partial charge in [0.15, 0.2) is 16.7 Å². The van der Waals surface area contributed by atoms with Crippen LogP contribution in [-0.2, 0) is 14.4 Å². The minimum Gasteiger partial charge on any atom is -0.504 e. The fraction of sp³-hybridized carbons (Fsp3) is 0.118. The topological polar surface area (TPSA) is 108 Å². The summed E-state index contributed by atoms with van der Waals surface area (Å²) in [5.41, 5.74) is 2.22. The predicted molar refractivity (Wildman–Crippen MR) is 170 cm³/mol. The molecule has 0 radical (unpaired) electrons. The van der Waals surface area contributed by atoms with Gasteiger partial charge in [-0.2, -0.15) is 4.99 Å². The summed E-state index contributed by atoms with van der Waals surface area (Å²) < 4.78 is 5.15. The van der Waals surface area contributed by atoms with E-state index in [0.717, 1.165) is 22.9 Å². The summed E-state index contributed by atoms with van der Waals surface area (Å²) in [5, 5.41) is 13.7. The van der Waals surface area contributed by atoms with Gasteiger partial charge in [0.1, 0.15) is 5.57 Å². The highest BCUT2D eigenvalue weighted by atomic mass is 32.2. The molecule has 3 aromatic carbocycles. The SMILES string of the molecule is C=C/C=C\C(=C/C)N1C(=O)/C(=C\c2cccc(OC)c2O)C(=O)N=C1SCC(=O)NC(c1ccccc1)c1ccccc1. The number of carbonyl (C=O) groups is 3. The van der Waals surface area contributed by atoms with E-state index in [1.807, 2.05) is 60.7 Å². The Bertz CT molecular complexity index is 1590. The maximum atomic E-state index is 13.8. The van der Waals surface area contributed by atoms with Crippen molar-refractivity contribution in [1.29, 1.82) is 0 Å². The van der Waals surface area contributed by atoms with Gasteiger partial charge in [0.25, 0.3) is 11.8 Å². The molecule has 0 saturated carbocycles. The molecule has 0 fully saturated rings. The minimum atomic E-state index is -0.791. The third-order valence-electron chi connectivity index (χ3n) is 6.46. The molecule has 0 aromatic heterocycles. The van der Waals surface area contributed by atoms with Crippen LogP contribution < -0.4 is 10.1 Å². The number of phenols is 1. The van der Waals surface area contributed by atoms with Crippen molar-refractivity contribution in [2.45, 2.75) is 13.0 Å². The first kappa shape index (κ1) is 30.8. The molecule has 0 atom stereocenters. The Hall–Kier alpha value is -5.15. The second-order valence-corrected chi connectivity index (χ2v) is 10.2. The van der Waals surface area contributed by atoms with Crippen LogP contribution in [0.4, 0.5) is 0 Å². The number of thioether (sulfide) groups is 1. The van der Waals surface area contributed by atoms with E-state index in [1.165, 1.54) is 18.1 Å². The third-order valence-corrected chi connectivity index (χ3v) is 7.40. The molecule has 3 aromatic rings. The Kier molecular flexibility index (Phi) is 10.5. The normalized spacial score (nSPS) is 14.8. The van der Waals surface area contributed by atoms with Crippen molar-refractivity contribution >= 4 is 40.7 Å². The van der Waals surface area contributed by atoms with Gasteiger partial charge in [-0.25, -0.2) is 0 Å². The number of rotatable bonds is 10. The molecule has 218 valence electrons. The molecule has 1 heterocycles. The fourth-order valence-electron chi connectivity index (χ4n) is 4.37. The first-order chi connectivity index (χ1) is 20.9. The lowest BCUT2D eigenvalue weighted by Gasteiger charge is -2.28. The van der Waals surface area contributed by atoms with E-state index < -0.39 is 17.9 Å². The Labute approximate surface area is 254 Å². The molecule has 8 nitrogen and oxygen atoms in total. The molecule has 2 N–H and O–H groups in total. The lowest BCUT2D eigenvalue weighted by molar-refractivity contribution is -0.126. The largest absolute Gasteiger partial charge is 0.504 e. The first-order valence-corrected chi connectivity index (χ1v) is 14.4. The summed E-state index contributed by atoms with van der Waals surface area (Å²) in [4.78, 5) is 45.7. The van der Waals surface area contributed by atoms with Crippen LogP contribution in [0.15, 0.2) is 126 Å². The van der Waals surface area contributed by atoms with E-state index >= 15 is 0 Å². The van der Waals surface area contributed by atoms with Crippen molar-refractivity contribution in [3.8, 4) is 11.5 Å². The second-order valence-electron chi connectivity index (χ2n) is 9.22. The average Bonchev–Trinajstić information content (AvgIpc) is 3.03. The number of carbonyl (C=O) groups excluding carboxylic acids is 3. The van der Waals surface area contributed by atoms with Crippen LogP contribution in [0.5, 0.6) is 11.5 Å². The zero-order valence-corrected chi connectivity index (χ0v) is 24.6. The molecule has 0 saturated heterocycles. The molecule has 1 aliphatic rings. The number of aromatic hydroxyl groups is 1. The Morgan fingerprint density at radius 1 is 1.05 bits per heavy atom. The second kappa shape index (κ2) is 14.7. The molecule has 0 unspecified atom stereocenters. The fourth-order valence-corrected chi connectivity index (χ4v) is 5.18. The highest BCUT2D eigenvalue weighted by Gasteiger charge is 2.35. The van der Waals surface area contributed by atoms with Crippen molar-refractivity contribution in [3.05, 3.63) is 138 Å². The zero-order valence-electron chi connectivity index (χ0n) is 23.8. The number of ether oxygens (including phenoxy) is 1. The van der Waals surface area contributed by atoms with Crippen LogP contribution in [0.25, 0.3) is 6.08 Å². The number of amidine groups is 1. The smallest absolute Gasteiger partial charge is 0.285 e. The van der Waals surface area contributed by atoms with Gasteiger partial charge in [-0.1, -0.05) is 109 Å². The van der Waals surface area contributed by atoms with Gasteiger partial charge in [0, 0.05) is 11.3 Å². The standard InChI is InChI=1S/C34H31N3O5S/c1-4-6-19-26(5-2)37-33(41)27(21-25-18-13-20-28(42-3)31(25)39)32(40)36-34(37)43-22-29(38)35-30(23-14-9-7-10-15-23)24-16-11-8-12-17-24/h4-21,30,39H,1,22H2,2-3H3,(H,35,38)/b19-6-,26-5+,27-21-. The number of benzene rings is 3. The molecular weight excluding hydrogens is 562 g/mol. The number of allylic oxidation sites excluding steroid dienone is 4. The summed E-state index contributed by atoms with van der Waals surface area (Å²) in [6, 6.07) is 23.5. The Balaban J connectivity index is 1.63. The summed E-state index contributed by atoms with van der Waals surface area (Å²) in [6.07, 6.45) is 7.82. The van der Waals surface area contributed by atoms with Crippen molar-refractivity contribution in [2.75, 3.05) is 12.9 Å². The molecule has 0 aliphatic carbocycles. The van der Waals surface area contributed by atoms with Crippen LogP contribution in [0.1, 0.15) is 29.7 Å². The molecule has 43 heavy (non-hydrogen) atoms. The molecule has 1 aliphatic heterocycles. The molecule has 9 heteroatoms. The highest BCUT2D eigenvalue weighted by Crippen LogP contribution is 2.33. The van der Waals surface area contributed by atoms with Gasteiger partial charge in [0.2, 0.25) is 5.91 Å². The number of nitrogens with zero attached hydrogens (tertiary/aromatic N) is 2. The van der Waals surface area contributed by atoms with Gasteiger partial charge in [0.05, 0.1) is 18.9 Å². The van der Waals surface area contributed by atoms with Crippen LogP contribution in [0.2, 0.25) is 0 Å². The van der Waals surface area contributed by atoms with Gasteiger partial charge in [-0.05, 0) is 36.3 Å². The number of methoxy groups -OCH3 is 1. The quantitative estimate of drug-likeness (QED) is 0.175. The lowest BCUT2D eigenvalue weighted by atomic mass is 9.99. The summed E-state index contributed by atoms with van der Waals surface area (Å²) in [7, 11) is 1.40. The van der Waals surface area contributed by atoms with Crippen LogP contribution in [-0.4, -0.2) is 45.8 Å². The van der Waals surface area contributed by atoms with Crippen LogP contribution in [0, 0.1) is 0 Å². The van der Waals surface area contributed by atoms with Gasteiger partial charge >= 0.3 is 0 Å². The minimum absolute atomic E-state index is 0.0509. The Morgan fingerprint density at radius 3 is 2.28 bits per heavy atom.